The van der Waals surface area contributed by atoms with Crippen molar-refractivity contribution in [1.29, 1.82) is 0 Å². The topological polar surface area (TPSA) is 58.2 Å². The Morgan fingerprint density at radius 1 is 0.917 bits per heavy atom. The summed E-state index contributed by atoms with van der Waals surface area (Å²) in [4.78, 5) is 23.6. The van der Waals surface area contributed by atoms with Crippen molar-refractivity contribution in [3.05, 3.63) is 59.7 Å². The summed E-state index contributed by atoms with van der Waals surface area (Å²) < 4.78 is 0. The summed E-state index contributed by atoms with van der Waals surface area (Å²) in [5.74, 6) is 0.323. The van der Waals surface area contributed by atoms with Crippen molar-refractivity contribution in [2.24, 2.45) is 0 Å². The summed E-state index contributed by atoms with van der Waals surface area (Å²) in [6.45, 7) is 7.62. The van der Waals surface area contributed by atoms with Crippen LogP contribution in [0.25, 0.3) is 0 Å². The molecule has 0 unspecified atom stereocenters. The van der Waals surface area contributed by atoms with Crippen LogP contribution in [0.4, 0.5) is 11.4 Å². The van der Waals surface area contributed by atoms with Crippen molar-refractivity contribution >= 4 is 23.1 Å². The summed E-state index contributed by atoms with van der Waals surface area (Å²) >= 11 is 0. The average molecular weight is 324 g/mol. The maximum Gasteiger partial charge on any atom is 0.246 e. The Kier molecular flexibility index (Phi) is 5.74. The van der Waals surface area contributed by atoms with E-state index in [1.807, 2.05) is 19.1 Å². The Bertz CT molecular complexity index is 721. The summed E-state index contributed by atoms with van der Waals surface area (Å²) in [7, 11) is 0. The molecule has 2 aromatic carbocycles. The van der Waals surface area contributed by atoms with Crippen LogP contribution in [0.15, 0.2) is 48.5 Å². The predicted molar refractivity (Wildman–Crippen MR) is 98.7 cm³/mol. The normalized spacial score (nSPS) is 11.9. The minimum atomic E-state index is -0.375. The first-order valence-corrected chi connectivity index (χ1v) is 8.15. The van der Waals surface area contributed by atoms with Gasteiger partial charge in [-0.1, -0.05) is 26.0 Å². The van der Waals surface area contributed by atoms with Gasteiger partial charge in [0.25, 0.3) is 0 Å². The van der Waals surface area contributed by atoms with Crippen molar-refractivity contribution in [3.63, 3.8) is 0 Å². The van der Waals surface area contributed by atoms with Gasteiger partial charge in [-0.05, 0) is 61.7 Å². The zero-order valence-electron chi connectivity index (χ0n) is 14.6. The molecule has 0 aromatic heterocycles. The molecule has 1 atom stereocenters. The molecule has 2 N–H and O–H groups in total. The number of nitrogens with one attached hydrogen (secondary N) is 2. The third-order valence-electron chi connectivity index (χ3n) is 3.89. The first kappa shape index (κ1) is 17.7. The van der Waals surface area contributed by atoms with Crippen molar-refractivity contribution in [2.75, 3.05) is 10.6 Å². The fraction of sp³-hybridized carbons (Fsp3) is 0.300. The number of ketones is 1. The molecule has 2 aromatic rings. The van der Waals surface area contributed by atoms with E-state index in [4.69, 9.17) is 0 Å². The van der Waals surface area contributed by atoms with E-state index in [0.29, 0.717) is 17.2 Å². The van der Waals surface area contributed by atoms with E-state index >= 15 is 0 Å². The van der Waals surface area contributed by atoms with E-state index in [1.165, 1.54) is 12.5 Å². The average Bonchev–Trinajstić information content (AvgIpc) is 2.55. The highest BCUT2D eigenvalue weighted by molar-refractivity contribution is 5.97. The fourth-order valence-electron chi connectivity index (χ4n) is 2.34. The minimum absolute atomic E-state index is 0.00736. The molecule has 0 radical (unpaired) electrons. The molecule has 0 aliphatic carbocycles. The van der Waals surface area contributed by atoms with Gasteiger partial charge in [0.05, 0.1) is 0 Å². The second kappa shape index (κ2) is 7.77. The van der Waals surface area contributed by atoms with Crippen molar-refractivity contribution in [2.45, 2.75) is 39.7 Å². The Balaban J connectivity index is 1.99. The highest BCUT2D eigenvalue weighted by atomic mass is 16.2. The van der Waals surface area contributed by atoms with Crippen molar-refractivity contribution in [1.82, 2.24) is 0 Å². The van der Waals surface area contributed by atoms with Gasteiger partial charge in [-0.3, -0.25) is 9.59 Å². The number of hydrogen-bond acceptors (Lipinski definition) is 3. The van der Waals surface area contributed by atoms with Gasteiger partial charge in [0.2, 0.25) is 5.91 Å². The molecule has 0 fully saturated rings. The third-order valence-corrected chi connectivity index (χ3v) is 3.89. The van der Waals surface area contributed by atoms with Crippen LogP contribution < -0.4 is 10.6 Å². The van der Waals surface area contributed by atoms with E-state index < -0.39 is 0 Å². The van der Waals surface area contributed by atoms with Gasteiger partial charge in [0.15, 0.2) is 5.78 Å². The maximum atomic E-state index is 12.3. The monoisotopic (exact) mass is 324 g/mol. The molecule has 0 saturated heterocycles. The second-order valence-electron chi connectivity index (χ2n) is 6.27. The molecule has 0 bridgehead atoms. The standard InChI is InChI=1S/C20H24N2O2/c1-13(2)17-6-5-7-19(12-17)21-14(3)20(24)22-18-10-8-16(9-11-18)15(4)23/h5-14,21H,1-4H3,(H,22,24)/t14-/m0/s1. The van der Waals surface area contributed by atoms with Gasteiger partial charge >= 0.3 is 0 Å². The number of rotatable bonds is 6. The van der Waals surface area contributed by atoms with Crippen molar-refractivity contribution < 1.29 is 9.59 Å². The second-order valence-corrected chi connectivity index (χ2v) is 6.27. The van der Waals surface area contributed by atoms with E-state index in [-0.39, 0.29) is 17.7 Å². The largest absolute Gasteiger partial charge is 0.374 e. The van der Waals surface area contributed by atoms with E-state index in [1.54, 1.807) is 24.3 Å². The molecule has 1 amide bonds. The van der Waals surface area contributed by atoms with Crippen LogP contribution in [-0.4, -0.2) is 17.7 Å². The van der Waals surface area contributed by atoms with Gasteiger partial charge in [-0.15, -0.1) is 0 Å². The molecule has 0 spiro atoms. The zero-order valence-corrected chi connectivity index (χ0v) is 14.6. The number of hydrogen-bond donors (Lipinski definition) is 2. The molecule has 0 aliphatic heterocycles. The van der Waals surface area contributed by atoms with Gasteiger partial charge < -0.3 is 10.6 Å². The Hall–Kier alpha value is -2.62. The first-order valence-electron chi connectivity index (χ1n) is 8.15. The lowest BCUT2D eigenvalue weighted by Crippen LogP contribution is -2.31. The van der Waals surface area contributed by atoms with E-state index in [0.717, 1.165) is 5.69 Å². The zero-order chi connectivity index (χ0) is 17.7. The molecule has 24 heavy (non-hydrogen) atoms. The molecule has 0 saturated carbocycles. The van der Waals surface area contributed by atoms with Crippen LogP contribution in [0, 0.1) is 0 Å². The number of carbonyl (C=O) groups is 2. The SMILES string of the molecule is CC(=O)c1ccc(NC(=O)[C@H](C)Nc2cccc(C(C)C)c2)cc1. The number of benzene rings is 2. The highest BCUT2D eigenvalue weighted by Crippen LogP contribution is 2.19. The summed E-state index contributed by atoms with van der Waals surface area (Å²) in [5.41, 5.74) is 3.46. The quantitative estimate of drug-likeness (QED) is 0.772. The maximum absolute atomic E-state index is 12.3. The van der Waals surface area contributed by atoms with Crippen LogP contribution >= 0.6 is 0 Å². The lowest BCUT2D eigenvalue weighted by Gasteiger charge is -2.16. The van der Waals surface area contributed by atoms with Crippen LogP contribution in [0.5, 0.6) is 0 Å². The Labute approximate surface area is 143 Å². The molecule has 0 heterocycles. The van der Waals surface area contributed by atoms with Gasteiger partial charge in [-0.25, -0.2) is 0 Å². The smallest absolute Gasteiger partial charge is 0.246 e. The van der Waals surface area contributed by atoms with Crippen LogP contribution in [0.2, 0.25) is 0 Å². The summed E-state index contributed by atoms with van der Waals surface area (Å²) in [6.07, 6.45) is 0. The number of amides is 1. The number of anilines is 2. The van der Waals surface area contributed by atoms with E-state index in [9.17, 15) is 9.59 Å². The van der Waals surface area contributed by atoms with Crippen LogP contribution in [0.1, 0.15) is 49.5 Å². The summed E-state index contributed by atoms with van der Waals surface area (Å²) in [5, 5.41) is 6.07. The van der Waals surface area contributed by atoms with E-state index in [2.05, 4.69) is 36.6 Å². The highest BCUT2D eigenvalue weighted by Gasteiger charge is 2.13. The first-order chi connectivity index (χ1) is 11.4. The third kappa shape index (κ3) is 4.69. The predicted octanol–water partition coefficient (Wildman–Crippen LogP) is 4.45. The Morgan fingerprint density at radius 2 is 1.58 bits per heavy atom. The number of carbonyl (C=O) groups excluding carboxylic acids is 2. The molecule has 126 valence electrons. The lowest BCUT2D eigenvalue weighted by molar-refractivity contribution is -0.116. The van der Waals surface area contributed by atoms with Crippen LogP contribution in [0.3, 0.4) is 0 Å². The minimum Gasteiger partial charge on any atom is -0.374 e. The molecule has 4 nitrogen and oxygen atoms in total. The van der Waals surface area contributed by atoms with Gasteiger partial charge in [0.1, 0.15) is 6.04 Å². The summed E-state index contributed by atoms with van der Waals surface area (Å²) in [6, 6.07) is 14.6. The van der Waals surface area contributed by atoms with Gasteiger partial charge in [0, 0.05) is 16.9 Å². The molecule has 2 rings (SSSR count). The van der Waals surface area contributed by atoms with Crippen LogP contribution in [-0.2, 0) is 4.79 Å². The lowest BCUT2D eigenvalue weighted by atomic mass is 10.0. The molecular formula is C20H24N2O2. The number of Topliss-reactive ketones (excluding diaryl/α,β-unsaturated/α-hetero) is 1. The van der Waals surface area contributed by atoms with Gasteiger partial charge in [-0.2, -0.15) is 0 Å². The molecular weight excluding hydrogens is 300 g/mol. The fourth-order valence-corrected chi connectivity index (χ4v) is 2.34. The Morgan fingerprint density at radius 3 is 2.17 bits per heavy atom. The molecule has 0 aliphatic rings. The van der Waals surface area contributed by atoms with Crippen molar-refractivity contribution in [3.8, 4) is 0 Å². The molecule has 4 heteroatoms.